The number of nitriles is 1. The molecule has 3 nitrogen and oxygen atoms in total. The van der Waals surface area contributed by atoms with E-state index in [0.717, 1.165) is 42.5 Å². The summed E-state index contributed by atoms with van der Waals surface area (Å²) in [7, 11) is 1.79. The van der Waals surface area contributed by atoms with Gasteiger partial charge in [-0.1, -0.05) is 85.2 Å². The molecule has 1 unspecified atom stereocenters. The highest BCUT2D eigenvalue weighted by Crippen LogP contribution is 2.40. The zero-order valence-electron chi connectivity index (χ0n) is 23.0. The van der Waals surface area contributed by atoms with Crippen LogP contribution in [0.5, 0.6) is 0 Å². The van der Waals surface area contributed by atoms with Crippen molar-refractivity contribution in [3.05, 3.63) is 106 Å². The van der Waals surface area contributed by atoms with Gasteiger partial charge in [0, 0.05) is 25.8 Å². The lowest BCUT2D eigenvalue weighted by Crippen LogP contribution is -2.42. The number of nitrogens with zero attached hydrogens (tertiary/aromatic N) is 2. The molecule has 1 N–H and O–H groups in total. The van der Waals surface area contributed by atoms with Crippen LogP contribution in [-0.2, 0) is 6.42 Å². The van der Waals surface area contributed by atoms with E-state index in [4.69, 9.17) is 0 Å². The lowest BCUT2D eigenvalue weighted by atomic mass is 9.90. The van der Waals surface area contributed by atoms with Crippen LogP contribution in [0.25, 0.3) is 0 Å². The van der Waals surface area contributed by atoms with E-state index in [1.807, 2.05) is 13.0 Å². The van der Waals surface area contributed by atoms with Crippen molar-refractivity contribution in [2.75, 3.05) is 20.1 Å². The first kappa shape index (κ1) is 30.9. The molecule has 3 rings (SSSR count). The number of hydrogen-bond donors (Lipinski definition) is 1. The maximum absolute atomic E-state index is 13.8. The molecule has 2 aromatic rings. The molecule has 0 saturated carbocycles. The first-order valence-electron chi connectivity index (χ1n) is 13.2. The molecule has 0 radical (unpaired) electrons. The molecule has 0 aromatic heterocycles. The molecule has 0 spiro atoms. The van der Waals surface area contributed by atoms with Crippen molar-refractivity contribution in [2.24, 2.45) is 0 Å². The summed E-state index contributed by atoms with van der Waals surface area (Å²) in [5, 5.41) is 12.8. The average Bonchev–Trinajstić information content (AvgIpc) is 2.89. The van der Waals surface area contributed by atoms with Gasteiger partial charge < -0.3 is 5.32 Å². The van der Waals surface area contributed by atoms with Gasteiger partial charge in [0.15, 0.2) is 0 Å². The molecule has 38 heavy (non-hydrogen) atoms. The normalized spacial score (nSPS) is 15.5. The van der Waals surface area contributed by atoms with Crippen molar-refractivity contribution in [3.8, 4) is 6.07 Å². The molecule has 0 aliphatic carbocycles. The Labute approximate surface area is 226 Å². The third kappa shape index (κ3) is 8.92. The van der Waals surface area contributed by atoms with Crippen LogP contribution in [-0.4, -0.2) is 31.2 Å². The van der Waals surface area contributed by atoms with Crippen molar-refractivity contribution in [2.45, 2.75) is 65.1 Å². The summed E-state index contributed by atoms with van der Waals surface area (Å²) in [5.74, 6) is 0. The summed E-state index contributed by atoms with van der Waals surface area (Å²) in [6.45, 7) is 10.2. The second-order valence-electron chi connectivity index (χ2n) is 9.63. The zero-order valence-corrected chi connectivity index (χ0v) is 23.0. The van der Waals surface area contributed by atoms with Crippen molar-refractivity contribution in [3.63, 3.8) is 0 Å². The molecule has 1 heterocycles. The number of rotatable bonds is 9. The van der Waals surface area contributed by atoms with Crippen LogP contribution in [0.15, 0.2) is 89.7 Å². The summed E-state index contributed by atoms with van der Waals surface area (Å²) in [6.07, 6.45) is 1.72. The molecule has 0 fully saturated rings. The zero-order chi connectivity index (χ0) is 28.1. The fraction of sp³-hybridized carbons (Fsp3) is 0.406. The second kappa shape index (κ2) is 15.2. The summed E-state index contributed by atoms with van der Waals surface area (Å²) in [6, 6.07) is 17.2. The Morgan fingerprint density at radius 3 is 2.29 bits per heavy atom. The smallest absolute Gasteiger partial charge is 0.390 e. The number of unbranched alkanes of at least 4 members (excludes halogenated alkanes) is 1. The Hall–Kier alpha value is -3.30. The topological polar surface area (TPSA) is 39.1 Å². The molecule has 204 valence electrons. The monoisotopic (exact) mass is 523 g/mol. The van der Waals surface area contributed by atoms with Crippen LogP contribution < -0.4 is 5.32 Å². The minimum Gasteiger partial charge on any atom is -0.390 e. The third-order valence-corrected chi connectivity index (χ3v) is 6.69. The van der Waals surface area contributed by atoms with Gasteiger partial charge in [0.05, 0.1) is 5.57 Å². The summed E-state index contributed by atoms with van der Waals surface area (Å²) >= 11 is 0. The van der Waals surface area contributed by atoms with E-state index in [0.29, 0.717) is 12.0 Å². The van der Waals surface area contributed by atoms with E-state index in [9.17, 15) is 18.4 Å². The number of benzene rings is 2. The third-order valence-electron chi connectivity index (χ3n) is 6.69. The van der Waals surface area contributed by atoms with Gasteiger partial charge in [-0.3, -0.25) is 4.90 Å². The molecular formula is C32H40F3N3. The molecule has 1 atom stereocenters. The Morgan fingerprint density at radius 1 is 1.13 bits per heavy atom. The van der Waals surface area contributed by atoms with Crippen molar-refractivity contribution in [1.82, 2.24) is 10.2 Å². The van der Waals surface area contributed by atoms with Gasteiger partial charge in [0.2, 0.25) is 0 Å². The molecular weight excluding hydrogens is 483 g/mol. The van der Waals surface area contributed by atoms with E-state index in [2.05, 4.69) is 56.1 Å². The minimum atomic E-state index is -4.36. The standard InChI is InChI=1S/C22H28F3N3.C10H12/c1-4-5-11-20(27-3)19(14-26)18-12-13-28(15-16(18)2)21(22(23,24)25)17-9-7-6-8-10-17;1-3-4-10-7-5-9(2)6-8-10/h6-10,21,27H,4-5,11-13,15H2,1-3H3;3,5-8H,1,4H2,2H3/b20-19+;. The van der Waals surface area contributed by atoms with E-state index in [1.165, 1.54) is 28.2 Å². The molecule has 0 amide bonds. The predicted octanol–water partition coefficient (Wildman–Crippen LogP) is 8.22. The van der Waals surface area contributed by atoms with Gasteiger partial charge in [-0.05, 0) is 56.2 Å². The number of nitrogens with one attached hydrogen (secondary N) is 1. The van der Waals surface area contributed by atoms with Crippen LogP contribution in [0.3, 0.4) is 0 Å². The number of hydrogen-bond acceptors (Lipinski definition) is 3. The highest BCUT2D eigenvalue weighted by Gasteiger charge is 2.45. The molecule has 0 bridgehead atoms. The fourth-order valence-corrected chi connectivity index (χ4v) is 4.69. The molecule has 1 aliphatic rings. The average molecular weight is 524 g/mol. The Balaban J connectivity index is 0.000000423. The van der Waals surface area contributed by atoms with Gasteiger partial charge >= 0.3 is 6.18 Å². The Morgan fingerprint density at radius 2 is 1.79 bits per heavy atom. The van der Waals surface area contributed by atoms with Crippen LogP contribution in [0.1, 0.15) is 62.3 Å². The quantitative estimate of drug-likeness (QED) is 0.266. The van der Waals surface area contributed by atoms with E-state index in [-0.39, 0.29) is 18.7 Å². The fourth-order valence-electron chi connectivity index (χ4n) is 4.69. The summed E-state index contributed by atoms with van der Waals surface area (Å²) in [4.78, 5) is 1.47. The van der Waals surface area contributed by atoms with Gasteiger partial charge in [-0.25, -0.2) is 0 Å². The summed E-state index contributed by atoms with van der Waals surface area (Å²) in [5.41, 5.74) is 6.08. The van der Waals surface area contributed by atoms with Gasteiger partial charge in [-0.15, -0.1) is 6.58 Å². The number of halogens is 3. The summed E-state index contributed by atoms with van der Waals surface area (Å²) < 4.78 is 41.5. The first-order valence-corrected chi connectivity index (χ1v) is 13.2. The lowest BCUT2D eigenvalue weighted by molar-refractivity contribution is -0.186. The van der Waals surface area contributed by atoms with Gasteiger partial charge in [0.25, 0.3) is 0 Å². The Kier molecular flexibility index (Phi) is 12.4. The first-order chi connectivity index (χ1) is 18.2. The van der Waals surface area contributed by atoms with Crippen LogP contribution in [0, 0.1) is 18.3 Å². The van der Waals surface area contributed by atoms with Crippen molar-refractivity contribution >= 4 is 0 Å². The number of allylic oxidation sites excluding steroid dienone is 3. The van der Waals surface area contributed by atoms with Crippen LogP contribution >= 0.6 is 0 Å². The van der Waals surface area contributed by atoms with Crippen molar-refractivity contribution in [1.29, 1.82) is 5.26 Å². The second-order valence-corrected chi connectivity index (χ2v) is 9.63. The van der Waals surface area contributed by atoms with E-state index < -0.39 is 12.2 Å². The number of alkyl halides is 3. The lowest BCUT2D eigenvalue weighted by Gasteiger charge is -2.37. The van der Waals surface area contributed by atoms with Crippen LogP contribution in [0.2, 0.25) is 0 Å². The van der Waals surface area contributed by atoms with Crippen LogP contribution in [0.4, 0.5) is 13.2 Å². The molecule has 1 aliphatic heterocycles. The highest BCUT2D eigenvalue weighted by atomic mass is 19.4. The minimum absolute atomic E-state index is 0.199. The largest absolute Gasteiger partial charge is 0.408 e. The molecule has 6 heteroatoms. The highest BCUT2D eigenvalue weighted by molar-refractivity contribution is 5.48. The van der Waals surface area contributed by atoms with E-state index in [1.54, 1.807) is 25.2 Å². The maximum Gasteiger partial charge on any atom is 0.408 e. The Bertz CT molecular complexity index is 1120. The number of aryl methyl sites for hydroxylation is 1. The van der Waals surface area contributed by atoms with Gasteiger partial charge in [0.1, 0.15) is 12.1 Å². The molecule has 2 aromatic carbocycles. The SMILES string of the molecule is C=CCc1ccc(C)cc1.CCCC/C(NC)=C(/C#N)C1=C(C)CN(C(c2ccccc2)C(F)(F)F)CC1. The van der Waals surface area contributed by atoms with Crippen molar-refractivity contribution < 1.29 is 13.2 Å². The van der Waals surface area contributed by atoms with Gasteiger partial charge in [-0.2, -0.15) is 18.4 Å². The predicted molar refractivity (Wildman–Crippen MR) is 150 cm³/mol. The maximum atomic E-state index is 13.8. The van der Waals surface area contributed by atoms with E-state index >= 15 is 0 Å². The molecule has 0 saturated heterocycles.